The van der Waals surface area contributed by atoms with Crippen molar-refractivity contribution in [3.05, 3.63) is 40.7 Å². The van der Waals surface area contributed by atoms with Crippen molar-refractivity contribution in [3.8, 4) is 11.3 Å². The zero-order chi connectivity index (χ0) is 16.6. The fourth-order valence-electron chi connectivity index (χ4n) is 4.58. The number of fused-ring (bicyclic) bond motifs is 4. The van der Waals surface area contributed by atoms with Crippen molar-refractivity contribution in [1.29, 1.82) is 0 Å². The van der Waals surface area contributed by atoms with Crippen LogP contribution in [0.5, 0.6) is 0 Å². The van der Waals surface area contributed by atoms with Gasteiger partial charge in [-0.3, -0.25) is 9.80 Å². The van der Waals surface area contributed by atoms with Crippen molar-refractivity contribution in [2.45, 2.75) is 38.3 Å². The highest BCUT2D eigenvalue weighted by Crippen LogP contribution is 2.35. The maximum atomic E-state index is 4.92. The topological polar surface area (TPSA) is 19.4 Å². The van der Waals surface area contributed by atoms with Gasteiger partial charge >= 0.3 is 0 Å². The second-order valence-electron chi connectivity index (χ2n) is 8.18. The van der Waals surface area contributed by atoms with E-state index in [4.69, 9.17) is 4.98 Å². The van der Waals surface area contributed by atoms with Crippen LogP contribution in [0.1, 0.15) is 30.7 Å². The molecule has 4 fully saturated rings. The number of aromatic nitrogens is 1. The Balaban J connectivity index is 1.26. The van der Waals surface area contributed by atoms with Crippen molar-refractivity contribution in [3.63, 3.8) is 0 Å². The average Bonchev–Trinajstić information content (AvgIpc) is 3.39. The first-order valence-electron chi connectivity index (χ1n) is 9.80. The molecule has 0 amide bonds. The number of hydrogen-bond acceptors (Lipinski definition) is 4. The number of rotatable bonds is 5. The Labute approximate surface area is 154 Å². The molecule has 3 nitrogen and oxygen atoms in total. The Morgan fingerprint density at radius 3 is 2.72 bits per heavy atom. The zero-order valence-corrected chi connectivity index (χ0v) is 15.6. The smallest absolute Gasteiger partial charge is 0.107 e. The molecular formula is C21H27N3S. The second kappa shape index (κ2) is 6.82. The molecule has 1 saturated carbocycles. The van der Waals surface area contributed by atoms with Gasteiger partial charge < -0.3 is 0 Å². The summed E-state index contributed by atoms with van der Waals surface area (Å²) in [7, 11) is 0. The third-order valence-electron chi connectivity index (χ3n) is 6.07. The molecule has 4 heterocycles. The monoisotopic (exact) mass is 353 g/mol. The Morgan fingerprint density at radius 1 is 1.00 bits per heavy atom. The van der Waals surface area contributed by atoms with Crippen LogP contribution in [-0.2, 0) is 6.54 Å². The molecule has 1 aliphatic carbocycles. The first kappa shape index (κ1) is 16.0. The minimum Gasteiger partial charge on any atom is -0.299 e. The van der Waals surface area contributed by atoms with Crippen LogP contribution in [0.2, 0.25) is 0 Å². The summed E-state index contributed by atoms with van der Waals surface area (Å²) in [6.07, 6.45) is 5.77. The van der Waals surface area contributed by atoms with Gasteiger partial charge in [-0.05, 0) is 37.5 Å². The van der Waals surface area contributed by atoms with Gasteiger partial charge in [0.2, 0.25) is 0 Å². The maximum Gasteiger partial charge on any atom is 0.107 e. The van der Waals surface area contributed by atoms with Crippen molar-refractivity contribution in [1.82, 2.24) is 14.8 Å². The number of benzene rings is 1. The van der Waals surface area contributed by atoms with Crippen LogP contribution < -0.4 is 0 Å². The Morgan fingerprint density at radius 2 is 1.88 bits per heavy atom. The molecule has 2 atom stereocenters. The quantitative estimate of drug-likeness (QED) is 0.806. The third kappa shape index (κ3) is 3.67. The van der Waals surface area contributed by atoms with E-state index >= 15 is 0 Å². The largest absolute Gasteiger partial charge is 0.299 e. The van der Waals surface area contributed by atoms with Gasteiger partial charge in [0, 0.05) is 43.2 Å². The van der Waals surface area contributed by atoms with Crippen LogP contribution in [0, 0.1) is 11.8 Å². The Kier molecular flexibility index (Phi) is 4.36. The lowest BCUT2D eigenvalue weighted by Gasteiger charge is -2.36. The third-order valence-corrected chi connectivity index (χ3v) is 6.91. The van der Waals surface area contributed by atoms with E-state index in [-0.39, 0.29) is 0 Å². The molecule has 6 rings (SSSR count). The molecule has 132 valence electrons. The molecule has 1 aromatic carbocycles. The molecule has 2 aromatic rings. The van der Waals surface area contributed by atoms with Gasteiger partial charge in [-0.25, -0.2) is 4.98 Å². The standard InChI is InChI=1S/C21H27N3S/c1-2-4-18(5-3-1)20-15-25-21(22-20)14-23-10-17-8-9-19(13-23)24(12-17)11-16-6-7-16/h1-5,15-17,19H,6-14H2/t17-,19+/m0/s1. The molecule has 2 bridgehead atoms. The highest BCUT2D eigenvalue weighted by atomic mass is 32.1. The van der Waals surface area contributed by atoms with Crippen LogP contribution >= 0.6 is 11.3 Å². The molecule has 4 heteroatoms. The lowest BCUT2D eigenvalue weighted by molar-refractivity contribution is 0.125. The minimum atomic E-state index is 0.785. The summed E-state index contributed by atoms with van der Waals surface area (Å²) >= 11 is 1.82. The van der Waals surface area contributed by atoms with E-state index in [9.17, 15) is 0 Å². The number of piperidine rings is 1. The van der Waals surface area contributed by atoms with E-state index in [1.807, 2.05) is 11.3 Å². The lowest BCUT2D eigenvalue weighted by Crippen LogP contribution is -2.44. The molecule has 1 aromatic heterocycles. The summed E-state index contributed by atoms with van der Waals surface area (Å²) in [4.78, 5) is 10.4. The number of thiazole rings is 1. The van der Waals surface area contributed by atoms with Gasteiger partial charge in [0.05, 0.1) is 12.2 Å². The second-order valence-corrected chi connectivity index (χ2v) is 9.12. The predicted molar refractivity (Wildman–Crippen MR) is 104 cm³/mol. The van der Waals surface area contributed by atoms with Gasteiger partial charge in [0.15, 0.2) is 0 Å². The van der Waals surface area contributed by atoms with E-state index in [0.717, 1.165) is 30.1 Å². The van der Waals surface area contributed by atoms with Gasteiger partial charge in [0.25, 0.3) is 0 Å². The van der Waals surface area contributed by atoms with E-state index in [1.165, 1.54) is 62.4 Å². The molecule has 25 heavy (non-hydrogen) atoms. The first-order chi connectivity index (χ1) is 12.3. The number of hydrogen-bond donors (Lipinski definition) is 0. The maximum absolute atomic E-state index is 4.92. The van der Waals surface area contributed by atoms with Crippen LogP contribution in [0.4, 0.5) is 0 Å². The van der Waals surface area contributed by atoms with Gasteiger partial charge in [0.1, 0.15) is 5.01 Å². The molecule has 0 N–H and O–H groups in total. The van der Waals surface area contributed by atoms with E-state index < -0.39 is 0 Å². The first-order valence-corrected chi connectivity index (χ1v) is 10.7. The highest BCUT2D eigenvalue weighted by Gasteiger charge is 2.37. The van der Waals surface area contributed by atoms with E-state index in [2.05, 4.69) is 45.5 Å². The SMILES string of the molecule is c1ccc(-c2csc(CN3C[C@@H]4CC[C@H](C3)N(CC3CC3)C4)n2)cc1. The predicted octanol–water partition coefficient (Wildman–Crippen LogP) is 4.12. The van der Waals surface area contributed by atoms with Gasteiger partial charge in [-0.1, -0.05) is 30.3 Å². The van der Waals surface area contributed by atoms with Gasteiger partial charge in [-0.15, -0.1) is 11.3 Å². The summed E-state index contributed by atoms with van der Waals surface area (Å²) in [6.45, 7) is 6.23. The minimum absolute atomic E-state index is 0.785. The van der Waals surface area contributed by atoms with Crippen LogP contribution in [0.25, 0.3) is 11.3 Å². The van der Waals surface area contributed by atoms with Crippen molar-refractivity contribution in [2.75, 3.05) is 26.2 Å². The fraction of sp³-hybridized carbons (Fsp3) is 0.571. The summed E-state index contributed by atoms with van der Waals surface area (Å²) in [6, 6.07) is 11.3. The zero-order valence-electron chi connectivity index (χ0n) is 14.8. The molecule has 3 aliphatic heterocycles. The lowest BCUT2D eigenvalue weighted by atomic mass is 9.95. The van der Waals surface area contributed by atoms with Crippen molar-refractivity contribution < 1.29 is 0 Å². The highest BCUT2D eigenvalue weighted by molar-refractivity contribution is 7.09. The number of nitrogens with zero attached hydrogens (tertiary/aromatic N) is 3. The molecule has 0 unspecified atom stereocenters. The van der Waals surface area contributed by atoms with E-state index in [1.54, 1.807) is 0 Å². The molecule has 3 saturated heterocycles. The van der Waals surface area contributed by atoms with Crippen LogP contribution in [0.3, 0.4) is 0 Å². The summed E-state index contributed by atoms with van der Waals surface area (Å²) in [5.74, 6) is 1.88. The van der Waals surface area contributed by atoms with Crippen molar-refractivity contribution in [2.24, 2.45) is 11.8 Å². The fourth-order valence-corrected chi connectivity index (χ4v) is 5.42. The molecule has 4 aliphatic rings. The normalized spacial score (nSPS) is 27.5. The Bertz CT molecular complexity index is 709. The van der Waals surface area contributed by atoms with Crippen LogP contribution in [0.15, 0.2) is 35.7 Å². The summed E-state index contributed by atoms with van der Waals surface area (Å²) < 4.78 is 0. The average molecular weight is 354 g/mol. The van der Waals surface area contributed by atoms with Crippen molar-refractivity contribution >= 4 is 11.3 Å². The summed E-state index contributed by atoms with van der Waals surface area (Å²) in [5.41, 5.74) is 2.37. The molecular weight excluding hydrogens is 326 g/mol. The van der Waals surface area contributed by atoms with Crippen LogP contribution in [-0.4, -0.2) is 47.0 Å². The molecule has 0 spiro atoms. The van der Waals surface area contributed by atoms with Gasteiger partial charge in [-0.2, -0.15) is 0 Å². The summed E-state index contributed by atoms with van der Waals surface area (Å²) in [5, 5.41) is 3.49. The molecule has 0 radical (unpaired) electrons. The van der Waals surface area contributed by atoms with E-state index in [0.29, 0.717) is 0 Å². The Hall–Kier alpha value is -1.23.